The van der Waals surface area contributed by atoms with E-state index in [0.29, 0.717) is 17.3 Å². The van der Waals surface area contributed by atoms with Crippen molar-refractivity contribution in [3.63, 3.8) is 0 Å². The fourth-order valence-corrected chi connectivity index (χ4v) is 3.40. The van der Waals surface area contributed by atoms with Crippen LogP contribution < -0.4 is 9.47 Å². The molecule has 0 aliphatic heterocycles. The summed E-state index contributed by atoms with van der Waals surface area (Å²) in [5, 5.41) is 3.82. The highest BCUT2D eigenvalue weighted by Gasteiger charge is 2.30. The molecule has 3 rings (SSSR count). The van der Waals surface area contributed by atoms with Gasteiger partial charge in [0.1, 0.15) is 19.5 Å². The number of rotatable bonds is 8. The normalized spacial score (nSPS) is 11.7. The van der Waals surface area contributed by atoms with Crippen LogP contribution in [-0.2, 0) is 27.2 Å². The summed E-state index contributed by atoms with van der Waals surface area (Å²) in [7, 11) is 2.52. The number of benzene rings is 2. The molecule has 7 nitrogen and oxygen atoms in total. The van der Waals surface area contributed by atoms with Crippen LogP contribution in [0.3, 0.4) is 0 Å². The molecule has 0 saturated heterocycles. The van der Waals surface area contributed by atoms with Gasteiger partial charge < -0.3 is 19.0 Å². The number of hydrogen-bond acceptors (Lipinski definition) is 7. The molecule has 0 atom stereocenters. The number of carbonyl (C=O) groups is 1. The van der Waals surface area contributed by atoms with E-state index in [4.69, 9.17) is 42.3 Å². The van der Waals surface area contributed by atoms with Gasteiger partial charge in [0.25, 0.3) is 0 Å². The third-order valence-electron chi connectivity index (χ3n) is 4.47. The van der Waals surface area contributed by atoms with Crippen molar-refractivity contribution in [2.75, 3.05) is 14.2 Å². The number of halogens is 5. The minimum Gasteiger partial charge on any atom is -0.489 e. The highest BCUT2D eigenvalue weighted by molar-refractivity contribution is 6.43. The van der Waals surface area contributed by atoms with Crippen molar-refractivity contribution in [3.05, 3.63) is 81.5 Å². The maximum absolute atomic E-state index is 12.7. The number of hydrogen-bond donors (Lipinski definition) is 0. The van der Waals surface area contributed by atoms with E-state index in [9.17, 15) is 18.0 Å². The lowest BCUT2D eigenvalue weighted by atomic mass is 10.0. The molecule has 0 N–H and O–H groups in total. The lowest BCUT2D eigenvalue weighted by Crippen LogP contribution is -2.19. The summed E-state index contributed by atoms with van der Waals surface area (Å²) in [6.45, 7) is 0.00320. The second kappa shape index (κ2) is 11.3. The number of alkyl halides is 3. The van der Waals surface area contributed by atoms with Crippen LogP contribution >= 0.6 is 23.2 Å². The topological polar surface area (TPSA) is 79.2 Å². The van der Waals surface area contributed by atoms with Gasteiger partial charge in [0.05, 0.1) is 22.7 Å². The van der Waals surface area contributed by atoms with Crippen LogP contribution in [0.25, 0.3) is 0 Å². The molecule has 12 heteroatoms. The number of aromatic nitrogens is 1. The van der Waals surface area contributed by atoms with Gasteiger partial charge in [-0.25, -0.2) is 9.78 Å². The van der Waals surface area contributed by atoms with Crippen LogP contribution in [0, 0.1) is 0 Å². The van der Waals surface area contributed by atoms with Crippen molar-refractivity contribution in [2.45, 2.75) is 12.8 Å². The number of ether oxygens (including phenoxy) is 3. The summed E-state index contributed by atoms with van der Waals surface area (Å²) in [6.07, 6.45) is -3.88. The van der Waals surface area contributed by atoms with Crippen LogP contribution in [0.1, 0.15) is 16.7 Å². The Balaban J connectivity index is 1.78. The van der Waals surface area contributed by atoms with Crippen LogP contribution in [-0.4, -0.2) is 30.9 Å². The Bertz CT molecular complexity index is 1210. The second-order valence-electron chi connectivity index (χ2n) is 6.76. The fourth-order valence-electron chi connectivity index (χ4n) is 2.85. The number of methoxy groups -OCH3 is 1. The average molecular weight is 529 g/mol. The Labute approximate surface area is 208 Å². The second-order valence-corrected chi connectivity index (χ2v) is 7.58. The lowest BCUT2D eigenvalue weighted by molar-refractivity contribution is -0.138. The summed E-state index contributed by atoms with van der Waals surface area (Å²) in [5.41, 5.74) is 0.0666. The maximum Gasteiger partial charge on any atom is 0.417 e. The Morgan fingerprint density at radius 3 is 2.31 bits per heavy atom. The number of nitrogens with zero attached hydrogens (tertiary/aromatic N) is 2. The Morgan fingerprint density at radius 2 is 1.74 bits per heavy atom. The number of oxime groups is 1. The lowest BCUT2D eigenvalue weighted by Gasteiger charge is -2.14. The minimum absolute atomic E-state index is 0.00320. The highest BCUT2D eigenvalue weighted by Crippen LogP contribution is 2.40. The summed E-state index contributed by atoms with van der Waals surface area (Å²) in [5.74, 6) is -0.555. The van der Waals surface area contributed by atoms with Crippen LogP contribution in [0.15, 0.2) is 59.9 Å². The van der Waals surface area contributed by atoms with Crippen molar-refractivity contribution >= 4 is 34.9 Å². The number of pyridine rings is 1. The molecule has 0 fully saturated rings. The molecule has 3 aromatic rings. The van der Waals surface area contributed by atoms with Gasteiger partial charge in [-0.05, 0) is 11.6 Å². The smallest absolute Gasteiger partial charge is 0.417 e. The molecule has 2 aromatic carbocycles. The fraction of sp³-hybridized carbons (Fsp3) is 0.174. The van der Waals surface area contributed by atoms with E-state index in [1.807, 2.05) is 0 Å². The van der Waals surface area contributed by atoms with E-state index in [0.717, 1.165) is 12.1 Å². The number of esters is 1. The first-order chi connectivity index (χ1) is 16.6. The third-order valence-corrected chi connectivity index (χ3v) is 5.03. The van der Waals surface area contributed by atoms with E-state index in [2.05, 4.69) is 10.1 Å². The van der Waals surface area contributed by atoms with Gasteiger partial charge >= 0.3 is 12.1 Å². The van der Waals surface area contributed by atoms with E-state index in [1.54, 1.807) is 24.3 Å². The molecule has 35 heavy (non-hydrogen) atoms. The van der Waals surface area contributed by atoms with Gasteiger partial charge in [0, 0.05) is 30.0 Å². The zero-order valence-corrected chi connectivity index (χ0v) is 19.7. The molecule has 0 saturated carbocycles. The molecule has 0 bridgehead atoms. The molecular formula is C23H17Cl2F3N2O5. The van der Waals surface area contributed by atoms with E-state index in [-0.39, 0.29) is 39.7 Å². The zero-order valence-electron chi connectivity index (χ0n) is 18.2. The summed E-state index contributed by atoms with van der Waals surface area (Å²) in [6, 6.07) is 11.5. The molecule has 0 aliphatic carbocycles. The maximum atomic E-state index is 12.7. The van der Waals surface area contributed by atoms with E-state index < -0.39 is 17.7 Å². The Kier molecular flexibility index (Phi) is 8.42. The quantitative estimate of drug-likeness (QED) is 0.194. The van der Waals surface area contributed by atoms with Gasteiger partial charge in [-0.1, -0.05) is 52.6 Å². The van der Waals surface area contributed by atoms with Gasteiger partial charge in [-0.2, -0.15) is 13.2 Å². The predicted octanol–water partition coefficient (Wildman–Crippen LogP) is 6.30. The van der Waals surface area contributed by atoms with Gasteiger partial charge in [0.2, 0.25) is 5.88 Å². The zero-order chi connectivity index (χ0) is 25.6. The van der Waals surface area contributed by atoms with Gasteiger partial charge in [-0.15, -0.1) is 0 Å². The molecule has 1 heterocycles. The minimum atomic E-state index is -4.52. The molecule has 0 amide bonds. The molecule has 184 valence electrons. The van der Waals surface area contributed by atoms with Crippen molar-refractivity contribution in [3.8, 4) is 17.4 Å². The SMILES string of the molecule is CO/N=C(/C(=O)OC)c1ccccc1COc1cc(Cl)c(Oc2ccc(C(F)(F)F)cn2)c(Cl)c1. The van der Waals surface area contributed by atoms with Crippen molar-refractivity contribution in [1.29, 1.82) is 0 Å². The molecule has 0 unspecified atom stereocenters. The highest BCUT2D eigenvalue weighted by atomic mass is 35.5. The van der Waals surface area contributed by atoms with Crippen molar-refractivity contribution in [2.24, 2.45) is 5.16 Å². The van der Waals surface area contributed by atoms with E-state index in [1.165, 1.54) is 26.4 Å². The predicted molar refractivity (Wildman–Crippen MR) is 122 cm³/mol. The van der Waals surface area contributed by atoms with Crippen molar-refractivity contribution in [1.82, 2.24) is 4.98 Å². The Hall–Kier alpha value is -3.50. The average Bonchev–Trinajstić information content (AvgIpc) is 2.83. The molecule has 0 spiro atoms. The molecular weight excluding hydrogens is 512 g/mol. The first-order valence-corrected chi connectivity index (χ1v) is 10.5. The largest absolute Gasteiger partial charge is 0.489 e. The first-order valence-electron chi connectivity index (χ1n) is 9.74. The van der Waals surface area contributed by atoms with Gasteiger partial charge in [-0.3, -0.25) is 0 Å². The monoisotopic (exact) mass is 528 g/mol. The van der Waals surface area contributed by atoms with Crippen LogP contribution in [0.2, 0.25) is 10.0 Å². The summed E-state index contributed by atoms with van der Waals surface area (Å²) >= 11 is 12.5. The Morgan fingerprint density at radius 1 is 1.06 bits per heavy atom. The van der Waals surface area contributed by atoms with Crippen LogP contribution in [0.4, 0.5) is 13.2 Å². The standard InChI is InChI=1S/C23H17Cl2F3N2O5/c1-32-22(31)20(30-33-2)16-6-4-3-5-13(16)12-34-15-9-17(24)21(18(25)10-15)35-19-8-7-14(11-29-19)23(26,27)28/h3-11H,12H2,1-2H3/b30-20+. The number of carbonyl (C=O) groups excluding carboxylic acids is 1. The third kappa shape index (κ3) is 6.55. The molecule has 1 aromatic heterocycles. The summed E-state index contributed by atoms with van der Waals surface area (Å²) in [4.78, 5) is 20.5. The molecule has 0 aliphatic rings. The van der Waals surface area contributed by atoms with Crippen LogP contribution in [0.5, 0.6) is 17.4 Å². The van der Waals surface area contributed by atoms with Crippen molar-refractivity contribution < 1.29 is 37.0 Å². The van der Waals surface area contributed by atoms with E-state index >= 15 is 0 Å². The van der Waals surface area contributed by atoms with Gasteiger partial charge in [0.15, 0.2) is 11.5 Å². The molecule has 0 radical (unpaired) electrons. The summed E-state index contributed by atoms with van der Waals surface area (Å²) < 4.78 is 54.1. The first kappa shape index (κ1) is 26.1.